The van der Waals surface area contributed by atoms with Crippen molar-refractivity contribution in [1.29, 1.82) is 0 Å². The molecular weight excluding hydrogens is 200 g/mol. The van der Waals surface area contributed by atoms with Crippen LogP contribution in [0.1, 0.15) is 5.01 Å². The zero-order valence-corrected chi connectivity index (χ0v) is 6.87. The molecule has 0 amide bonds. The first kappa shape index (κ1) is 6.72. The second kappa shape index (κ2) is 2.95. The van der Waals surface area contributed by atoms with Gasteiger partial charge in [-0.3, -0.25) is 0 Å². The number of rotatable bonds is 1. The smallest absolute Gasteiger partial charge is 0.265 e. The van der Waals surface area contributed by atoms with E-state index in [-0.39, 0.29) is 0 Å². The minimum atomic E-state index is 0.399. The van der Waals surface area contributed by atoms with Crippen LogP contribution in [0, 0.1) is 6.57 Å². The van der Waals surface area contributed by atoms with Crippen molar-refractivity contribution in [1.82, 2.24) is 4.98 Å². The summed E-state index contributed by atoms with van der Waals surface area (Å²) in [5.41, 5.74) is 0. The summed E-state index contributed by atoms with van der Waals surface area (Å²) < 4.78 is 0.825. The van der Waals surface area contributed by atoms with E-state index in [0.717, 1.165) is 9.61 Å². The van der Waals surface area contributed by atoms with Crippen LogP contribution in [0.3, 0.4) is 0 Å². The van der Waals surface area contributed by atoms with Crippen molar-refractivity contribution in [2.75, 3.05) is 0 Å². The van der Waals surface area contributed by atoms with Crippen molar-refractivity contribution in [2.24, 2.45) is 0 Å². The van der Waals surface area contributed by atoms with E-state index >= 15 is 0 Å². The summed E-state index contributed by atoms with van der Waals surface area (Å²) >= 11 is 4.70. The zero-order valence-electron chi connectivity index (χ0n) is 4.47. The molecule has 1 aromatic heterocycles. The maximum absolute atomic E-state index is 6.53. The van der Waals surface area contributed by atoms with Gasteiger partial charge in [-0.1, -0.05) is 0 Å². The lowest BCUT2D eigenvalue weighted by Gasteiger charge is -1.74. The van der Waals surface area contributed by atoms with E-state index in [1.165, 1.54) is 11.3 Å². The van der Waals surface area contributed by atoms with E-state index in [1.807, 2.05) is 5.38 Å². The van der Waals surface area contributed by atoms with Crippen LogP contribution in [-0.2, 0) is 6.54 Å². The highest BCUT2D eigenvalue weighted by Crippen LogP contribution is 2.14. The Labute approximate surface area is 65.5 Å². The fourth-order valence-corrected chi connectivity index (χ4v) is 1.62. The van der Waals surface area contributed by atoms with Gasteiger partial charge < -0.3 is 4.85 Å². The summed E-state index contributed by atoms with van der Waals surface area (Å²) in [6.45, 7) is 6.92. The second-order valence-corrected chi connectivity index (χ2v) is 3.14. The molecular formula is C5H3BrN2S. The van der Waals surface area contributed by atoms with Crippen molar-refractivity contribution >= 4 is 27.3 Å². The summed E-state index contributed by atoms with van der Waals surface area (Å²) in [5.74, 6) is 0. The molecule has 0 aromatic carbocycles. The van der Waals surface area contributed by atoms with E-state index in [9.17, 15) is 0 Å². The summed E-state index contributed by atoms with van der Waals surface area (Å²) in [7, 11) is 0. The minimum Gasteiger partial charge on any atom is -0.309 e. The predicted molar refractivity (Wildman–Crippen MR) is 40.1 cm³/mol. The van der Waals surface area contributed by atoms with E-state index in [0.29, 0.717) is 6.54 Å². The molecule has 0 saturated heterocycles. The molecule has 0 atom stereocenters. The molecule has 1 aromatic rings. The van der Waals surface area contributed by atoms with E-state index in [1.54, 1.807) is 0 Å². The maximum Gasteiger partial charge on any atom is 0.265 e. The third-order valence-corrected chi connectivity index (χ3v) is 2.28. The molecule has 0 aliphatic heterocycles. The molecule has 0 radical (unpaired) electrons. The third-order valence-electron chi connectivity index (χ3n) is 0.738. The van der Waals surface area contributed by atoms with Crippen LogP contribution in [0.15, 0.2) is 9.98 Å². The van der Waals surface area contributed by atoms with Crippen LogP contribution in [-0.4, -0.2) is 4.98 Å². The van der Waals surface area contributed by atoms with Crippen LogP contribution < -0.4 is 0 Å². The summed E-state index contributed by atoms with van der Waals surface area (Å²) in [6.07, 6.45) is 0. The topological polar surface area (TPSA) is 17.2 Å². The van der Waals surface area contributed by atoms with Gasteiger partial charge in [0.1, 0.15) is 4.60 Å². The Morgan fingerprint density at radius 2 is 2.67 bits per heavy atom. The molecule has 0 fully saturated rings. The first-order valence-electron chi connectivity index (χ1n) is 2.26. The van der Waals surface area contributed by atoms with Crippen LogP contribution >= 0.6 is 27.3 Å². The summed E-state index contributed by atoms with van der Waals surface area (Å²) in [4.78, 5) is 7.22. The third kappa shape index (κ3) is 1.77. The average molecular weight is 203 g/mol. The van der Waals surface area contributed by atoms with Crippen molar-refractivity contribution in [2.45, 2.75) is 6.54 Å². The molecule has 0 aliphatic carbocycles. The van der Waals surface area contributed by atoms with Gasteiger partial charge in [-0.2, -0.15) is 0 Å². The first-order chi connectivity index (χ1) is 4.33. The standard InChI is InChI=1S/C5H3BrN2S/c1-7-2-5-8-4(6)3-9-5/h3H,2H2. The van der Waals surface area contributed by atoms with Crippen LogP contribution in [0.2, 0.25) is 0 Å². The van der Waals surface area contributed by atoms with Gasteiger partial charge in [-0.05, 0) is 15.9 Å². The van der Waals surface area contributed by atoms with Crippen LogP contribution in [0.5, 0.6) is 0 Å². The number of hydrogen-bond donors (Lipinski definition) is 0. The van der Waals surface area contributed by atoms with Gasteiger partial charge in [0.25, 0.3) is 6.54 Å². The first-order valence-corrected chi connectivity index (χ1v) is 3.93. The highest BCUT2D eigenvalue weighted by molar-refractivity contribution is 9.10. The lowest BCUT2D eigenvalue weighted by Crippen LogP contribution is -1.73. The molecule has 0 N–H and O–H groups in total. The lowest BCUT2D eigenvalue weighted by atomic mass is 10.7. The van der Waals surface area contributed by atoms with Gasteiger partial charge in [-0.15, -0.1) is 11.3 Å². The molecule has 0 spiro atoms. The molecule has 9 heavy (non-hydrogen) atoms. The molecule has 0 saturated carbocycles. The Kier molecular flexibility index (Phi) is 2.20. The van der Waals surface area contributed by atoms with Crippen molar-refractivity contribution in [3.8, 4) is 0 Å². The summed E-state index contributed by atoms with van der Waals surface area (Å²) in [6, 6.07) is 0. The highest BCUT2D eigenvalue weighted by Gasteiger charge is 1.98. The Hall–Kier alpha value is -0.400. The predicted octanol–water partition coefficient (Wildman–Crippen LogP) is 2.32. The quantitative estimate of drug-likeness (QED) is 0.640. The number of halogens is 1. The van der Waals surface area contributed by atoms with Crippen LogP contribution in [0.25, 0.3) is 4.85 Å². The van der Waals surface area contributed by atoms with E-state index in [2.05, 4.69) is 25.8 Å². The minimum absolute atomic E-state index is 0.399. The Morgan fingerprint density at radius 1 is 1.89 bits per heavy atom. The maximum atomic E-state index is 6.53. The largest absolute Gasteiger partial charge is 0.309 e. The van der Waals surface area contributed by atoms with Gasteiger partial charge in [0.05, 0.1) is 0 Å². The molecule has 4 heteroatoms. The molecule has 0 aliphatic rings. The molecule has 1 heterocycles. The Bertz CT molecular complexity index is 237. The van der Waals surface area contributed by atoms with Gasteiger partial charge in [0.2, 0.25) is 0 Å². The molecule has 1 rings (SSSR count). The Balaban J connectivity index is 2.76. The molecule has 0 bridgehead atoms. The normalized spacial score (nSPS) is 8.89. The number of aromatic nitrogens is 1. The lowest BCUT2D eigenvalue weighted by molar-refractivity contribution is 1.16. The Morgan fingerprint density at radius 3 is 3.11 bits per heavy atom. The molecule has 2 nitrogen and oxygen atoms in total. The SMILES string of the molecule is [C-]#[N+]Cc1nc(Br)cs1. The monoisotopic (exact) mass is 202 g/mol. The summed E-state index contributed by atoms with van der Waals surface area (Å²) in [5, 5.41) is 2.75. The second-order valence-electron chi connectivity index (χ2n) is 1.38. The van der Waals surface area contributed by atoms with Gasteiger partial charge >= 0.3 is 0 Å². The van der Waals surface area contributed by atoms with E-state index < -0.39 is 0 Å². The fraction of sp³-hybridized carbons (Fsp3) is 0.200. The van der Waals surface area contributed by atoms with Gasteiger partial charge in [-0.25, -0.2) is 11.6 Å². The number of thiazole rings is 1. The number of nitrogens with zero attached hydrogens (tertiary/aromatic N) is 2. The highest BCUT2D eigenvalue weighted by atomic mass is 79.9. The van der Waals surface area contributed by atoms with Gasteiger partial charge in [0, 0.05) is 5.38 Å². The van der Waals surface area contributed by atoms with Crippen molar-refractivity contribution in [3.05, 3.63) is 26.4 Å². The zero-order chi connectivity index (χ0) is 6.69. The fourth-order valence-electron chi connectivity index (χ4n) is 0.429. The number of hydrogen-bond acceptors (Lipinski definition) is 2. The molecule has 0 unspecified atom stereocenters. The van der Waals surface area contributed by atoms with Crippen LogP contribution in [0.4, 0.5) is 0 Å². The van der Waals surface area contributed by atoms with Gasteiger partial charge in [0.15, 0.2) is 5.01 Å². The average Bonchev–Trinajstić information content (AvgIpc) is 2.17. The van der Waals surface area contributed by atoms with Crippen molar-refractivity contribution in [3.63, 3.8) is 0 Å². The van der Waals surface area contributed by atoms with E-state index in [4.69, 9.17) is 6.57 Å². The van der Waals surface area contributed by atoms with Crippen molar-refractivity contribution < 1.29 is 0 Å². The molecule has 46 valence electrons.